The van der Waals surface area contributed by atoms with Crippen LogP contribution in [0.25, 0.3) is 0 Å². The van der Waals surface area contributed by atoms with Crippen LogP contribution in [-0.4, -0.2) is 36.2 Å². The highest BCUT2D eigenvalue weighted by Crippen LogP contribution is 2.30. The molecule has 0 saturated carbocycles. The normalized spacial score (nSPS) is 15.6. The van der Waals surface area contributed by atoms with E-state index in [0.717, 1.165) is 42.3 Å². The molecule has 0 bridgehead atoms. The van der Waals surface area contributed by atoms with Gasteiger partial charge in [-0.05, 0) is 49.2 Å². The van der Waals surface area contributed by atoms with Gasteiger partial charge in [-0.1, -0.05) is 36.4 Å². The van der Waals surface area contributed by atoms with Crippen molar-refractivity contribution >= 4 is 5.97 Å². The minimum absolute atomic E-state index is 0.199. The van der Waals surface area contributed by atoms with E-state index in [9.17, 15) is 4.79 Å². The molecule has 138 valence electrons. The molecule has 3 rings (SSSR count). The molecule has 0 aliphatic carbocycles. The number of hydrogen-bond donors (Lipinski definition) is 1. The van der Waals surface area contributed by atoms with Crippen molar-refractivity contribution < 1.29 is 19.4 Å². The second kappa shape index (κ2) is 8.72. The Kier molecular flexibility index (Phi) is 6.12. The molecule has 0 radical (unpaired) electrons. The van der Waals surface area contributed by atoms with Crippen LogP contribution >= 0.6 is 0 Å². The van der Waals surface area contributed by atoms with Gasteiger partial charge < -0.3 is 14.6 Å². The van der Waals surface area contributed by atoms with Gasteiger partial charge in [-0.2, -0.15) is 0 Å². The predicted molar refractivity (Wildman–Crippen MR) is 99.4 cm³/mol. The summed E-state index contributed by atoms with van der Waals surface area (Å²) in [7, 11) is 1.65. The van der Waals surface area contributed by atoms with Gasteiger partial charge in [0.05, 0.1) is 13.0 Å². The Morgan fingerprint density at radius 3 is 2.46 bits per heavy atom. The van der Waals surface area contributed by atoms with Crippen LogP contribution in [-0.2, 0) is 17.9 Å². The Morgan fingerprint density at radius 2 is 1.81 bits per heavy atom. The number of nitrogens with zero attached hydrogens (tertiary/aromatic N) is 1. The summed E-state index contributed by atoms with van der Waals surface area (Å²) in [5, 5.41) is 9.10. The quantitative estimate of drug-likeness (QED) is 0.823. The molecule has 26 heavy (non-hydrogen) atoms. The molecule has 0 amide bonds. The first-order chi connectivity index (χ1) is 12.7. The van der Waals surface area contributed by atoms with E-state index in [1.807, 2.05) is 48.5 Å². The van der Waals surface area contributed by atoms with Crippen molar-refractivity contribution in [3.63, 3.8) is 0 Å². The zero-order valence-corrected chi connectivity index (χ0v) is 15.1. The third-order valence-electron chi connectivity index (χ3n) is 4.81. The third-order valence-corrected chi connectivity index (χ3v) is 4.81. The summed E-state index contributed by atoms with van der Waals surface area (Å²) < 4.78 is 11.4. The fourth-order valence-electron chi connectivity index (χ4n) is 3.26. The van der Waals surface area contributed by atoms with Gasteiger partial charge in [-0.3, -0.25) is 9.69 Å². The Morgan fingerprint density at radius 1 is 1.08 bits per heavy atom. The number of aliphatic carboxylic acids is 1. The number of ether oxygens (including phenoxy) is 2. The summed E-state index contributed by atoms with van der Waals surface area (Å²) in [5.41, 5.74) is 2.25. The lowest BCUT2D eigenvalue weighted by Crippen LogP contribution is -2.35. The maximum absolute atomic E-state index is 11.1. The maximum Gasteiger partial charge on any atom is 0.306 e. The van der Waals surface area contributed by atoms with Crippen molar-refractivity contribution in [2.24, 2.45) is 5.92 Å². The molecule has 0 spiro atoms. The van der Waals surface area contributed by atoms with Crippen molar-refractivity contribution in [1.29, 1.82) is 0 Å². The molecule has 1 fully saturated rings. The average molecular weight is 355 g/mol. The first kappa shape index (κ1) is 18.3. The van der Waals surface area contributed by atoms with E-state index in [4.69, 9.17) is 14.6 Å². The van der Waals surface area contributed by atoms with E-state index in [0.29, 0.717) is 19.4 Å². The van der Waals surface area contributed by atoms with Crippen LogP contribution in [0.2, 0.25) is 0 Å². The Bertz CT molecular complexity index is 724. The van der Waals surface area contributed by atoms with Crippen LogP contribution in [0.1, 0.15) is 24.0 Å². The fraction of sp³-hybridized carbons (Fsp3) is 0.381. The second-order valence-electron chi connectivity index (χ2n) is 6.65. The summed E-state index contributed by atoms with van der Waals surface area (Å²) in [6, 6.07) is 16.0. The van der Waals surface area contributed by atoms with Gasteiger partial charge in [0.1, 0.15) is 6.61 Å². The highest BCUT2D eigenvalue weighted by atomic mass is 16.5. The number of methoxy groups -OCH3 is 1. The molecule has 5 heteroatoms. The number of carbonyl (C=O) groups is 1. The van der Waals surface area contributed by atoms with Gasteiger partial charge in [0.25, 0.3) is 0 Å². The molecule has 1 N–H and O–H groups in total. The lowest BCUT2D eigenvalue weighted by atomic mass is 9.97. The molecule has 1 heterocycles. The smallest absolute Gasteiger partial charge is 0.306 e. The number of benzene rings is 2. The van der Waals surface area contributed by atoms with Gasteiger partial charge >= 0.3 is 5.97 Å². The van der Waals surface area contributed by atoms with E-state index in [1.54, 1.807) is 7.11 Å². The molecular formula is C21H25NO4. The average Bonchev–Trinajstić information content (AvgIpc) is 2.68. The zero-order valence-electron chi connectivity index (χ0n) is 15.1. The van der Waals surface area contributed by atoms with Crippen LogP contribution in [0, 0.1) is 5.92 Å². The van der Waals surface area contributed by atoms with Gasteiger partial charge in [0.15, 0.2) is 11.5 Å². The Labute approximate surface area is 154 Å². The van der Waals surface area contributed by atoms with E-state index < -0.39 is 5.97 Å². The van der Waals surface area contributed by atoms with Crippen molar-refractivity contribution in [2.45, 2.75) is 26.0 Å². The minimum Gasteiger partial charge on any atom is -0.493 e. The predicted octanol–water partition coefficient (Wildman–Crippen LogP) is 3.57. The van der Waals surface area contributed by atoms with E-state index in [2.05, 4.69) is 4.90 Å². The Hall–Kier alpha value is -2.53. The van der Waals surface area contributed by atoms with Crippen LogP contribution in [0.3, 0.4) is 0 Å². The van der Waals surface area contributed by atoms with Gasteiger partial charge in [-0.15, -0.1) is 0 Å². The largest absolute Gasteiger partial charge is 0.493 e. The molecule has 0 unspecified atom stereocenters. The molecular weight excluding hydrogens is 330 g/mol. The van der Waals surface area contributed by atoms with E-state index >= 15 is 0 Å². The SMILES string of the molecule is COc1cc(CN2CCC(C(=O)O)CC2)ccc1OCc1ccccc1. The van der Waals surface area contributed by atoms with Gasteiger partial charge in [0, 0.05) is 6.54 Å². The standard InChI is InChI=1S/C21H25NO4/c1-25-20-13-17(14-22-11-9-18(10-12-22)21(23)24)7-8-19(20)26-15-16-5-3-2-4-6-16/h2-8,13,18H,9-12,14-15H2,1H3,(H,23,24). The first-order valence-electron chi connectivity index (χ1n) is 8.94. The summed E-state index contributed by atoms with van der Waals surface area (Å²) in [4.78, 5) is 13.3. The minimum atomic E-state index is -0.675. The number of hydrogen-bond acceptors (Lipinski definition) is 4. The lowest BCUT2D eigenvalue weighted by Gasteiger charge is -2.30. The number of carboxylic acids is 1. The zero-order chi connectivity index (χ0) is 18.4. The summed E-state index contributed by atoms with van der Waals surface area (Å²) >= 11 is 0. The molecule has 2 aromatic rings. The monoisotopic (exact) mass is 355 g/mol. The van der Waals surface area contributed by atoms with Crippen molar-refractivity contribution in [3.05, 3.63) is 59.7 Å². The summed E-state index contributed by atoms with van der Waals surface area (Å²) in [5.74, 6) is 0.573. The molecule has 0 aromatic heterocycles. The third kappa shape index (κ3) is 4.76. The fourth-order valence-corrected chi connectivity index (χ4v) is 3.26. The number of carboxylic acid groups (broad SMARTS) is 1. The number of likely N-dealkylation sites (tertiary alicyclic amines) is 1. The lowest BCUT2D eigenvalue weighted by molar-refractivity contribution is -0.143. The topological polar surface area (TPSA) is 59.0 Å². The molecule has 2 aromatic carbocycles. The van der Waals surface area contributed by atoms with Gasteiger partial charge in [0.2, 0.25) is 0 Å². The molecule has 0 atom stereocenters. The summed E-state index contributed by atoms with van der Waals surface area (Å²) in [6.07, 6.45) is 1.43. The second-order valence-corrected chi connectivity index (χ2v) is 6.65. The van der Waals surface area contributed by atoms with Crippen LogP contribution in [0.5, 0.6) is 11.5 Å². The van der Waals surface area contributed by atoms with Crippen molar-refractivity contribution in [2.75, 3.05) is 20.2 Å². The highest BCUT2D eigenvalue weighted by molar-refractivity contribution is 5.70. The van der Waals surface area contributed by atoms with E-state index in [1.165, 1.54) is 0 Å². The summed E-state index contributed by atoms with van der Waals surface area (Å²) in [6.45, 7) is 2.91. The molecule has 5 nitrogen and oxygen atoms in total. The highest BCUT2D eigenvalue weighted by Gasteiger charge is 2.24. The van der Waals surface area contributed by atoms with Crippen LogP contribution in [0.15, 0.2) is 48.5 Å². The van der Waals surface area contributed by atoms with Crippen LogP contribution in [0.4, 0.5) is 0 Å². The number of piperidine rings is 1. The molecule has 1 saturated heterocycles. The van der Waals surface area contributed by atoms with Crippen LogP contribution < -0.4 is 9.47 Å². The first-order valence-corrected chi connectivity index (χ1v) is 8.94. The van der Waals surface area contributed by atoms with Gasteiger partial charge in [-0.25, -0.2) is 0 Å². The molecule has 1 aliphatic heterocycles. The maximum atomic E-state index is 11.1. The van der Waals surface area contributed by atoms with E-state index in [-0.39, 0.29) is 5.92 Å². The molecule has 1 aliphatic rings. The Balaban J connectivity index is 1.59. The number of rotatable bonds is 7. The van der Waals surface area contributed by atoms with Crippen molar-refractivity contribution in [3.8, 4) is 11.5 Å². The van der Waals surface area contributed by atoms with Crippen molar-refractivity contribution in [1.82, 2.24) is 4.90 Å².